The minimum absolute atomic E-state index is 0.0690. The van der Waals surface area contributed by atoms with Crippen molar-refractivity contribution < 1.29 is 14.3 Å². The van der Waals surface area contributed by atoms with Crippen LogP contribution in [0.2, 0.25) is 5.02 Å². The average molecular weight is 437 g/mol. The molecule has 28 heavy (non-hydrogen) atoms. The van der Waals surface area contributed by atoms with Gasteiger partial charge in [0, 0.05) is 18.1 Å². The van der Waals surface area contributed by atoms with Crippen LogP contribution in [0.15, 0.2) is 40.7 Å². The molecule has 0 N–H and O–H groups in total. The molecule has 1 heterocycles. The van der Waals surface area contributed by atoms with Gasteiger partial charge in [-0.3, -0.25) is 4.79 Å². The summed E-state index contributed by atoms with van der Waals surface area (Å²) in [6, 6.07) is 11.4. The number of amides is 1. The van der Waals surface area contributed by atoms with Crippen LogP contribution < -0.4 is 9.47 Å². The molecule has 0 aliphatic rings. The number of methoxy groups -OCH3 is 2. The van der Waals surface area contributed by atoms with Gasteiger partial charge in [0.2, 0.25) is 5.91 Å². The Morgan fingerprint density at radius 3 is 2.68 bits per heavy atom. The predicted molar refractivity (Wildman–Crippen MR) is 116 cm³/mol. The molecule has 0 saturated carbocycles. The number of thiazole rings is 1. The van der Waals surface area contributed by atoms with Gasteiger partial charge in [0.05, 0.1) is 30.2 Å². The zero-order valence-electron chi connectivity index (χ0n) is 15.9. The van der Waals surface area contributed by atoms with E-state index in [1.807, 2.05) is 48.2 Å². The van der Waals surface area contributed by atoms with Gasteiger partial charge in [0.15, 0.2) is 15.8 Å². The fourth-order valence-electron chi connectivity index (χ4n) is 2.73. The molecular formula is C20H21ClN2O3S2. The van der Waals surface area contributed by atoms with Crippen molar-refractivity contribution in [1.29, 1.82) is 0 Å². The molecule has 0 atom stereocenters. The van der Waals surface area contributed by atoms with Crippen LogP contribution in [-0.2, 0) is 11.3 Å². The van der Waals surface area contributed by atoms with Crippen LogP contribution in [0.5, 0.6) is 11.5 Å². The topological polar surface area (TPSA) is 51.7 Å². The van der Waals surface area contributed by atoms with Gasteiger partial charge in [-0.25, -0.2) is 4.98 Å². The number of ether oxygens (including phenoxy) is 2. The van der Waals surface area contributed by atoms with E-state index in [1.165, 1.54) is 11.8 Å². The molecule has 0 radical (unpaired) electrons. The number of hydrogen-bond donors (Lipinski definition) is 0. The Morgan fingerprint density at radius 1 is 1.18 bits per heavy atom. The van der Waals surface area contributed by atoms with Crippen LogP contribution in [-0.4, -0.2) is 42.3 Å². The van der Waals surface area contributed by atoms with Gasteiger partial charge >= 0.3 is 0 Å². The van der Waals surface area contributed by atoms with Crippen molar-refractivity contribution in [2.75, 3.05) is 26.5 Å². The third-order valence-electron chi connectivity index (χ3n) is 4.20. The van der Waals surface area contributed by atoms with Crippen LogP contribution in [0.3, 0.4) is 0 Å². The summed E-state index contributed by atoms with van der Waals surface area (Å²) < 4.78 is 12.5. The zero-order chi connectivity index (χ0) is 20.1. The third kappa shape index (κ3) is 4.90. The fourth-order valence-corrected chi connectivity index (χ4v) is 4.85. The van der Waals surface area contributed by atoms with Gasteiger partial charge in [-0.05, 0) is 42.8 Å². The minimum atomic E-state index is 0.0690. The van der Waals surface area contributed by atoms with Crippen molar-refractivity contribution >= 4 is 50.8 Å². The van der Waals surface area contributed by atoms with Crippen LogP contribution in [0.4, 0.5) is 0 Å². The molecule has 3 aromatic rings. The van der Waals surface area contributed by atoms with Crippen molar-refractivity contribution in [2.45, 2.75) is 17.8 Å². The Morgan fingerprint density at radius 2 is 1.96 bits per heavy atom. The lowest BCUT2D eigenvalue weighted by atomic mass is 10.2. The lowest BCUT2D eigenvalue weighted by molar-refractivity contribution is -0.128. The van der Waals surface area contributed by atoms with E-state index in [-0.39, 0.29) is 5.91 Å². The van der Waals surface area contributed by atoms with Crippen LogP contribution in [0, 0.1) is 0 Å². The first-order chi connectivity index (χ1) is 13.5. The number of thioether (sulfide) groups is 1. The highest BCUT2D eigenvalue weighted by atomic mass is 35.5. The van der Waals surface area contributed by atoms with Gasteiger partial charge in [0.25, 0.3) is 0 Å². The molecular weight excluding hydrogens is 416 g/mol. The average Bonchev–Trinajstić information content (AvgIpc) is 3.11. The molecule has 0 unspecified atom stereocenters. The molecule has 0 fully saturated rings. The lowest BCUT2D eigenvalue weighted by Gasteiger charge is -2.21. The number of nitrogens with zero attached hydrogens (tertiary/aromatic N) is 2. The number of carbonyl (C=O) groups is 1. The lowest BCUT2D eigenvalue weighted by Crippen LogP contribution is -2.31. The van der Waals surface area contributed by atoms with Gasteiger partial charge in [-0.2, -0.15) is 0 Å². The van der Waals surface area contributed by atoms with Gasteiger partial charge in [-0.1, -0.05) is 29.4 Å². The molecule has 0 spiro atoms. The Balaban J connectivity index is 1.64. The number of carbonyl (C=O) groups excluding carboxylic acids is 1. The molecule has 0 aliphatic carbocycles. The molecule has 1 amide bonds. The summed E-state index contributed by atoms with van der Waals surface area (Å²) in [6.07, 6.45) is 0. The first-order valence-electron chi connectivity index (χ1n) is 8.71. The molecule has 2 aromatic carbocycles. The largest absolute Gasteiger partial charge is 0.493 e. The first-order valence-corrected chi connectivity index (χ1v) is 10.9. The SMILES string of the molecule is CCN(Cc1ccc(OC)c(OC)c1)C(=O)CSc1nc2cc(Cl)ccc2s1. The second kappa shape index (κ2) is 9.49. The van der Waals surface area contributed by atoms with Crippen molar-refractivity contribution in [1.82, 2.24) is 9.88 Å². The molecule has 0 aliphatic heterocycles. The van der Waals surface area contributed by atoms with Crippen LogP contribution in [0.1, 0.15) is 12.5 Å². The maximum Gasteiger partial charge on any atom is 0.233 e. The second-order valence-corrected chi connectivity index (χ2v) is 8.67. The summed E-state index contributed by atoms with van der Waals surface area (Å²) in [6.45, 7) is 3.12. The van der Waals surface area contributed by atoms with Crippen LogP contribution >= 0.6 is 34.7 Å². The Bertz CT molecular complexity index is 977. The third-order valence-corrected chi connectivity index (χ3v) is 6.60. The minimum Gasteiger partial charge on any atom is -0.493 e. The number of rotatable bonds is 8. The highest BCUT2D eigenvalue weighted by Crippen LogP contribution is 2.31. The predicted octanol–water partition coefficient (Wildman–Crippen LogP) is 5.11. The summed E-state index contributed by atoms with van der Waals surface area (Å²) >= 11 is 9.04. The van der Waals surface area contributed by atoms with E-state index in [2.05, 4.69) is 4.98 Å². The monoisotopic (exact) mass is 436 g/mol. The molecule has 5 nitrogen and oxygen atoms in total. The van der Waals surface area contributed by atoms with Crippen molar-refractivity contribution in [3.63, 3.8) is 0 Å². The summed E-state index contributed by atoms with van der Waals surface area (Å²) in [5.74, 6) is 1.74. The van der Waals surface area contributed by atoms with Gasteiger partial charge in [0.1, 0.15) is 0 Å². The van der Waals surface area contributed by atoms with Crippen molar-refractivity contribution in [2.24, 2.45) is 0 Å². The van der Waals surface area contributed by atoms with E-state index in [1.54, 1.807) is 25.6 Å². The first kappa shape index (κ1) is 20.8. The Labute approximate surface area is 177 Å². The number of fused-ring (bicyclic) bond motifs is 1. The fraction of sp³-hybridized carbons (Fsp3) is 0.300. The normalized spacial score (nSPS) is 10.9. The summed E-state index contributed by atoms with van der Waals surface area (Å²) in [7, 11) is 3.21. The van der Waals surface area contributed by atoms with Crippen LogP contribution in [0.25, 0.3) is 10.2 Å². The van der Waals surface area contributed by atoms with Crippen molar-refractivity contribution in [3.05, 3.63) is 47.0 Å². The van der Waals surface area contributed by atoms with Gasteiger partial charge < -0.3 is 14.4 Å². The summed E-state index contributed by atoms with van der Waals surface area (Å²) in [4.78, 5) is 19.1. The molecule has 148 valence electrons. The quantitative estimate of drug-likeness (QED) is 0.459. The smallest absolute Gasteiger partial charge is 0.233 e. The van der Waals surface area contributed by atoms with E-state index >= 15 is 0 Å². The van der Waals surface area contributed by atoms with E-state index in [4.69, 9.17) is 21.1 Å². The Kier molecular flexibility index (Phi) is 7.04. The Hall–Kier alpha value is -1.96. The standard InChI is InChI=1S/C20H21ClN2O3S2/c1-4-23(11-13-5-7-16(25-2)17(9-13)26-3)19(24)12-27-20-22-15-10-14(21)6-8-18(15)28-20/h5-10H,4,11-12H2,1-3H3. The summed E-state index contributed by atoms with van der Waals surface area (Å²) in [5, 5.41) is 0.664. The van der Waals surface area contributed by atoms with E-state index in [0.29, 0.717) is 35.4 Å². The number of halogens is 1. The van der Waals surface area contributed by atoms with Crippen molar-refractivity contribution in [3.8, 4) is 11.5 Å². The molecule has 0 bridgehead atoms. The molecule has 3 rings (SSSR count). The van der Waals surface area contributed by atoms with E-state index in [0.717, 1.165) is 20.1 Å². The molecule has 8 heteroatoms. The zero-order valence-corrected chi connectivity index (χ0v) is 18.3. The van der Waals surface area contributed by atoms with E-state index in [9.17, 15) is 4.79 Å². The summed E-state index contributed by atoms with van der Waals surface area (Å²) in [5.41, 5.74) is 1.86. The molecule has 0 saturated heterocycles. The van der Waals surface area contributed by atoms with E-state index < -0.39 is 0 Å². The molecule has 1 aromatic heterocycles. The maximum absolute atomic E-state index is 12.7. The number of benzene rings is 2. The highest BCUT2D eigenvalue weighted by molar-refractivity contribution is 8.01. The number of hydrogen-bond acceptors (Lipinski definition) is 6. The number of aromatic nitrogens is 1. The second-order valence-electron chi connectivity index (χ2n) is 5.98. The maximum atomic E-state index is 12.7. The highest BCUT2D eigenvalue weighted by Gasteiger charge is 2.15. The van der Waals surface area contributed by atoms with Gasteiger partial charge in [-0.15, -0.1) is 11.3 Å².